The molecule has 1 aromatic heterocycles. The van der Waals surface area contributed by atoms with Gasteiger partial charge in [-0.2, -0.15) is 4.98 Å². The van der Waals surface area contributed by atoms with E-state index in [1.165, 1.54) is 30.3 Å². The van der Waals surface area contributed by atoms with Gasteiger partial charge >= 0.3 is 12.0 Å². The third-order valence-corrected chi connectivity index (χ3v) is 2.41. The number of benzene rings is 1. The predicted octanol–water partition coefficient (Wildman–Crippen LogP) is 1.63. The molecular formula is C10H8ClN3O3. The van der Waals surface area contributed by atoms with Gasteiger partial charge in [-0.15, -0.1) is 5.10 Å². The third-order valence-electron chi connectivity index (χ3n) is 2.10. The molecular weight excluding hydrogens is 246 g/mol. The van der Waals surface area contributed by atoms with Crippen molar-refractivity contribution in [2.75, 3.05) is 7.11 Å². The maximum atomic E-state index is 10.8. The van der Waals surface area contributed by atoms with Gasteiger partial charge in [-0.05, 0) is 18.2 Å². The molecule has 0 saturated carbocycles. The van der Waals surface area contributed by atoms with E-state index in [1.807, 2.05) is 0 Å². The largest absolute Gasteiger partial charge is 0.478 e. The third kappa shape index (κ3) is 2.21. The first-order valence-corrected chi connectivity index (χ1v) is 4.98. The Morgan fingerprint density at radius 2 is 2.29 bits per heavy atom. The average Bonchev–Trinajstić information content (AvgIpc) is 2.76. The Labute approximate surface area is 101 Å². The number of halogens is 1. The summed E-state index contributed by atoms with van der Waals surface area (Å²) in [6, 6.07) is 4.72. The van der Waals surface area contributed by atoms with Gasteiger partial charge in [0.15, 0.2) is 0 Å². The minimum Gasteiger partial charge on any atom is -0.478 e. The van der Waals surface area contributed by atoms with Crippen LogP contribution in [-0.4, -0.2) is 33.0 Å². The fourth-order valence-electron chi connectivity index (χ4n) is 1.29. The molecule has 0 atom stereocenters. The van der Waals surface area contributed by atoms with Crippen molar-refractivity contribution in [3.63, 3.8) is 0 Å². The molecule has 0 saturated heterocycles. The highest BCUT2D eigenvalue weighted by molar-refractivity contribution is 6.33. The van der Waals surface area contributed by atoms with E-state index in [-0.39, 0.29) is 16.6 Å². The van der Waals surface area contributed by atoms with Crippen LogP contribution in [0.3, 0.4) is 0 Å². The number of aromatic nitrogens is 3. The first-order valence-electron chi connectivity index (χ1n) is 4.60. The summed E-state index contributed by atoms with van der Waals surface area (Å²) in [5, 5.41) is 13.0. The number of hydrogen-bond donors (Lipinski definition) is 1. The molecule has 0 amide bonds. The first kappa shape index (κ1) is 11.4. The Bertz CT molecular complexity index is 568. The lowest BCUT2D eigenvalue weighted by Crippen LogP contribution is -2.00. The van der Waals surface area contributed by atoms with Crippen LogP contribution in [-0.2, 0) is 0 Å². The van der Waals surface area contributed by atoms with Crippen molar-refractivity contribution >= 4 is 17.6 Å². The average molecular weight is 254 g/mol. The molecule has 0 fully saturated rings. The molecule has 2 aromatic rings. The molecule has 7 heteroatoms. The van der Waals surface area contributed by atoms with Crippen molar-refractivity contribution in [3.8, 4) is 11.7 Å². The van der Waals surface area contributed by atoms with Crippen LogP contribution in [0.2, 0.25) is 5.02 Å². The molecule has 0 aliphatic rings. The van der Waals surface area contributed by atoms with Crippen molar-refractivity contribution in [1.82, 2.24) is 14.8 Å². The van der Waals surface area contributed by atoms with Crippen LogP contribution >= 0.6 is 11.6 Å². The normalized spacial score (nSPS) is 10.2. The lowest BCUT2D eigenvalue weighted by Gasteiger charge is -2.03. The monoisotopic (exact) mass is 253 g/mol. The van der Waals surface area contributed by atoms with Crippen molar-refractivity contribution in [3.05, 3.63) is 35.1 Å². The Morgan fingerprint density at radius 1 is 1.53 bits per heavy atom. The number of carbonyl (C=O) groups is 1. The number of carboxylic acids is 1. The number of aromatic carboxylic acids is 1. The van der Waals surface area contributed by atoms with Gasteiger partial charge in [0, 0.05) is 0 Å². The minimum atomic E-state index is -1.07. The highest BCUT2D eigenvalue weighted by Gasteiger charge is 2.10. The van der Waals surface area contributed by atoms with Crippen LogP contribution in [0, 0.1) is 0 Å². The Hall–Kier alpha value is -2.08. The second kappa shape index (κ2) is 4.42. The van der Waals surface area contributed by atoms with Crippen LogP contribution in [0.5, 0.6) is 6.01 Å². The van der Waals surface area contributed by atoms with E-state index in [2.05, 4.69) is 10.1 Å². The zero-order chi connectivity index (χ0) is 12.4. The van der Waals surface area contributed by atoms with Gasteiger partial charge in [0.25, 0.3) is 0 Å². The van der Waals surface area contributed by atoms with Crippen molar-refractivity contribution < 1.29 is 14.6 Å². The summed E-state index contributed by atoms with van der Waals surface area (Å²) in [4.78, 5) is 14.6. The van der Waals surface area contributed by atoms with Crippen LogP contribution in [0.25, 0.3) is 5.69 Å². The van der Waals surface area contributed by atoms with E-state index in [4.69, 9.17) is 21.4 Å². The molecule has 0 aliphatic heterocycles. The Morgan fingerprint density at radius 3 is 2.82 bits per heavy atom. The topological polar surface area (TPSA) is 77.2 Å². The second-order valence-corrected chi connectivity index (χ2v) is 3.55. The lowest BCUT2D eigenvalue weighted by atomic mass is 10.2. The quantitative estimate of drug-likeness (QED) is 0.900. The summed E-state index contributed by atoms with van der Waals surface area (Å²) >= 11 is 5.84. The van der Waals surface area contributed by atoms with Gasteiger partial charge < -0.3 is 9.84 Å². The summed E-state index contributed by atoms with van der Waals surface area (Å²) in [7, 11) is 1.46. The predicted molar refractivity (Wildman–Crippen MR) is 59.9 cm³/mol. The molecule has 1 heterocycles. The smallest absolute Gasteiger partial charge is 0.337 e. The summed E-state index contributed by atoms with van der Waals surface area (Å²) in [5.74, 6) is -1.07. The number of nitrogens with zero attached hydrogens (tertiary/aromatic N) is 3. The number of hydrogen-bond acceptors (Lipinski definition) is 4. The molecule has 0 aliphatic carbocycles. The van der Waals surface area contributed by atoms with Crippen LogP contribution in [0.1, 0.15) is 10.4 Å². The van der Waals surface area contributed by atoms with Crippen molar-refractivity contribution in [2.24, 2.45) is 0 Å². The second-order valence-electron chi connectivity index (χ2n) is 3.15. The van der Waals surface area contributed by atoms with E-state index in [1.54, 1.807) is 6.07 Å². The van der Waals surface area contributed by atoms with Crippen LogP contribution < -0.4 is 4.74 Å². The molecule has 1 aromatic carbocycles. The fourth-order valence-corrected chi connectivity index (χ4v) is 1.54. The zero-order valence-corrected chi connectivity index (χ0v) is 9.55. The Kier molecular flexibility index (Phi) is 2.97. The van der Waals surface area contributed by atoms with E-state index in [9.17, 15) is 4.79 Å². The maximum absolute atomic E-state index is 10.8. The molecule has 88 valence electrons. The number of ether oxygens (including phenoxy) is 1. The summed E-state index contributed by atoms with van der Waals surface area (Å²) in [6.45, 7) is 0. The Balaban J connectivity index is 2.40. The van der Waals surface area contributed by atoms with Crippen molar-refractivity contribution in [1.29, 1.82) is 0 Å². The summed E-state index contributed by atoms with van der Waals surface area (Å²) in [5.41, 5.74) is 0.651. The fraction of sp³-hybridized carbons (Fsp3) is 0.100. The lowest BCUT2D eigenvalue weighted by molar-refractivity contribution is 0.0697. The van der Waals surface area contributed by atoms with Crippen LogP contribution in [0.15, 0.2) is 24.5 Å². The molecule has 6 nitrogen and oxygen atoms in total. The molecule has 0 bridgehead atoms. The zero-order valence-electron chi connectivity index (χ0n) is 8.79. The molecule has 0 spiro atoms. The van der Waals surface area contributed by atoms with Gasteiger partial charge in [0.1, 0.15) is 6.33 Å². The van der Waals surface area contributed by atoms with Crippen molar-refractivity contribution in [2.45, 2.75) is 0 Å². The summed E-state index contributed by atoms with van der Waals surface area (Å²) in [6.07, 6.45) is 1.45. The van der Waals surface area contributed by atoms with E-state index < -0.39 is 5.97 Å². The standard InChI is InChI=1S/C10H8ClN3O3/c1-17-10-12-5-14(13-10)6-2-3-7(9(15)16)8(11)4-6/h2-5H,1H3,(H,15,16). The number of carboxylic acid groups (broad SMARTS) is 1. The highest BCUT2D eigenvalue weighted by atomic mass is 35.5. The molecule has 0 radical (unpaired) electrons. The minimum absolute atomic E-state index is 0.0440. The number of rotatable bonds is 3. The summed E-state index contributed by atoms with van der Waals surface area (Å²) < 4.78 is 6.28. The van der Waals surface area contributed by atoms with Gasteiger partial charge in [0.2, 0.25) is 0 Å². The van der Waals surface area contributed by atoms with Gasteiger partial charge in [-0.1, -0.05) is 11.6 Å². The first-order chi connectivity index (χ1) is 8.11. The number of methoxy groups -OCH3 is 1. The van der Waals surface area contributed by atoms with E-state index in [0.717, 1.165) is 0 Å². The van der Waals surface area contributed by atoms with E-state index in [0.29, 0.717) is 5.69 Å². The SMILES string of the molecule is COc1ncn(-c2ccc(C(=O)O)c(Cl)c2)n1. The molecule has 17 heavy (non-hydrogen) atoms. The maximum Gasteiger partial charge on any atom is 0.337 e. The highest BCUT2D eigenvalue weighted by Crippen LogP contribution is 2.20. The van der Waals surface area contributed by atoms with Gasteiger partial charge in [-0.3, -0.25) is 0 Å². The molecule has 0 unspecified atom stereocenters. The van der Waals surface area contributed by atoms with Gasteiger partial charge in [0.05, 0.1) is 23.4 Å². The van der Waals surface area contributed by atoms with Crippen LogP contribution in [0.4, 0.5) is 0 Å². The molecule has 1 N–H and O–H groups in total. The molecule has 2 rings (SSSR count). The van der Waals surface area contributed by atoms with E-state index >= 15 is 0 Å². The van der Waals surface area contributed by atoms with Gasteiger partial charge in [-0.25, -0.2) is 9.48 Å².